The number of aromatic nitrogens is 1. The molecule has 0 aliphatic rings. The minimum Gasteiger partial charge on any atom is -0.545 e. The molecular weight excluding hydrogens is 409 g/mol. The van der Waals surface area contributed by atoms with Crippen molar-refractivity contribution in [3.05, 3.63) is 80.3 Å². The van der Waals surface area contributed by atoms with E-state index in [-0.39, 0.29) is 23.4 Å². The highest BCUT2D eigenvalue weighted by atomic mass is 35.5. The molecular formula is C23H22ClFNO4-. The summed E-state index contributed by atoms with van der Waals surface area (Å²) in [6.45, 7) is 5.48. The number of rotatable bonds is 5. The van der Waals surface area contributed by atoms with Crippen molar-refractivity contribution in [1.29, 1.82) is 0 Å². The van der Waals surface area contributed by atoms with E-state index in [2.05, 4.69) is 0 Å². The molecule has 2 aromatic carbocycles. The topological polar surface area (TPSA) is 82.4 Å². The Morgan fingerprint density at radius 2 is 1.97 bits per heavy atom. The SMILES string of the molecule is CC(C)(C)[C@@H](CO)n1cc(C(=O)[O-])c(=O)c2cc(Cc3cccc(Cl)c3F)ccc21. The number of pyridine rings is 1. The van der Waals surface area contributed by atoms with E-state index in [4.69, 9.17) is 11.6 Å². The van der Waals surface area contributed by atoms with Crippen molar-refractivity contribution in [2.45, 2.75) is 33.2 Å². The van der Waals surface area contributed by atoms with Crippen LogP contribution in [0.25, 0.3) is 10.9 Å². The number of aliphatic hydroxyl groups excluding tert-OH is 1. The first-order valence-electron chi connectivity index (χ1n) is 9.47. The Kier molecular flexibility index (Phi) is 6.01. The molecule has 0 saturated carbocycles. The van der Waals surface area contributed by atoms with E-state index in [9.17, 15) is 24.2 Å². The van der Waals surface area contributed by atoms with Crippen LogP contribution in [0.3, 0.4) is 0 Å². The highest BCUT2D eigenvalue weighted by Gasteiger charge is 2.27. The maximum absolute atomic E-state index is 14.3. The van der Waals surface area contributed by atoms with E-state index >= 15 is 0 Å². The molecule has 7 heteroatoms. The quantitative estimate of drug-likeness (QED) is 0.673. The van der Waals surface area contributed by atoms with Gasteiger partial charge in [-0.15, -0.1) is 0 Å². The average Bonchev–Trinajstić information content (AvgIpc) is 2.66. The van der Waals surface area contributed by atoms with Crippen LogP contribution in [-0.4, -0.2) is 22.2 Å². The van der Waals surface area contributed by atoms with Crippen LogP contribution in [0, 0.1) is 11.2 Å². The normalized spacial score (nSPS) is 12.9. The average molecular weight is 431 g/mol. The second kappa shape index (κ2) is 8.20. The number of carbonyl (C=O) groups is 1. The summed E-state index contributed by atoms with van der Waals surface area (Å²) in [5.74, 6) is -2.12. The Hall–Kier alpha value is -2.70. The number of aromatic carboxylic acids is 1. The second-order valence-corrected chi connectivity index (χ2v) is 8.78. The Morgan fingerprint density at radius 1 is 1.27 bits per heavy atom. The summed E-state index contributed by atoms with van der Waals surface area (Å²) in [6.07, 6.45) is 1.41. The molecule has 0 fully saturated rings. The van der Waals surface area contributed by atoms with Gasteiger partial charge in [-0.2, -0.15) is 0 Å². The van der Waals surface area contributed by atoms with Crippen molar-refractivity contribution in [3.63, 3.8) is 0 Å². The van der Waals surface area contributed by atoms with Gasteiger partial charge in [-0.25, -0.2) is 4.39 Å². The summed E-state index contributed by atoms with van der Waals surface area (Å²) in [7, 11) is 0. The zero-order chi connectivity index (χ0) is 22.2. The summed E-state index contributed by atoms with van der Waals surface area (Å²) in [6, 6.07) is 9.19. The summed E-state index contributed by atoms with van der Waals surface area (Å²) in [4.78, 5) is 24.4. The molecule has 1 aromatic heterocycles. The van der Waals surface area contributed by atoms with Crippen molar-refractivity contribution in [3.8, 4) is 0 Å². The number of fused-ring (bicyclic) bond motifs is 1. The van der Waals surface area contributed by atoms with Crippen molar-refractivity contribution in [1.82, 2.24) is 4.57 Å². The fourth-order valence-corrected chi connectivity index (χ4v) is 3.79. The molecule has 0 saturated heterocycles. The van der Waals surface area contributed by atoms with Gasteiger partial charge in [0.2, 0.25) is 0 Å². The number of carboxylic acid groups (broad SMARTS) is 1. The number of aliphatic hydroxyl groups is 1. The smallest absolute Gasteiger partial charge is 0.198 e. The molecule has 158 valence electrons. The standard InChI is InChI=1S/C23H23ClFNO4/c1-23(2,3)19(12-27)26-11-16(22(29)30)21(28)15-10-13(7-8-18(15)26)9-14-5-4-6-17(24)20(14)25/h4-8,10-11,19,27H,9,12H2,1-3H3,(H,29,30)/p-1/t19-/m1/s1. The van der Waals surface area contributed by atoms with Crippen LogP contribution in [0.15, 0.2) is 47.4 Å². The fraction of sp³-hybridized carbons (Fsp3) is 0.304. The number of benzene rings is 2. The molecule has 0 bridgehead atoms. The van der Waals surface area contributed by atoms with Crippen LogP contribution in [0.1, 0.15) is 48.3 Å². The van der Waals surface area contributed by atoms with E-state index in [0.29, 0.717) is 16.6 Å². The van der Waals surface area contributed by atoms with Crippen LogP contribution >= 0.6 is 11.6 Å². The van der Waals surface area contributed by atoms with Gasteiger partial charge in [0.05, 0.1) is 34.7 Å². The Balaban J connectivity index is 2.23. The summed E-state index contributed by atoms with van der Waals surface area (Å²) in [5, 5.41) is 21.7. The van der Waals surface area contributed by atoms with Crippen molar-refractivity contribution < 1.29 is 19.4 Å². The maximum atomic E-state index is 14.3. The minimum atomic E-state index is -1.59. The molecule has 0 spiro atoms. The lowest BCUT2D eigenvalue weighted by Gasteiger charge is -2.33. The molecule has 1 heterocycles. The number of hydrogen-bond acceptors (Lipinski definition) is 4. The van der Waals surface area contributed by atoms with Gasteiger partial charge in [-0.05, 0) is 34.7 Å². The number of carboxylic acids is 1. The summed E-state index contributed by atoms with van der Waals surface area (Å²) in [5.41, 5.74) is -0.117. The van der Waals surface area contributed by atoms with E-state index < -0.39 is 34.2 Å². The first kappa shape index (κ1) is 22.0. The molecule has 3 aromatic rings. The van der Waals surface area contributed by atoms with Gasteiger partial charge in [0.15, 0.2) is 5.43 Å². The number of nitrogens with zero attached hydrogens (tertiary/aromatic N) is 1. The highest BCUT2D eigenvalue weighted by molar-refractivity contribution is 6.30. The third kappa shape index (κ3) is 4.11. The first-order valence-corrected chi connectivity index (χ1v) is 9.85. The van der Waals surface area contributed by atoms with Crippen LogP contribution in [-0.2, 0) is 6.42 Å². The van der Waals surface area contributed by atoms with E-state index in [1.165, 1.54) is 12.3 Å². The van der Waals surface area contributed by atoms with Crippen LogP contribution in [0.5, 0.6) is 0 Å². The van der Waals surface area contributed by atoms with Gasteiger partial charge in [0, 0.05) is 18.0 Å². The molecule has 3 rings (SSSR count). The Morgan fingerprint density at radius 3 is 2.57 bits per heavy atom. The summed E-state index contributed by atoms with van der Waals surface area (Å²) < 4.78 is 15.9. The number of carbonyl (C=O) groups excluding carboxylic acids is 1. The van der Waals surface area contributed by atoms with Gasteiger partial charge in [-0.1, -0.05) is 50.6 Å². The predicted octanol–water partition coefficient (Wildman–Crippen LogP) is 3.33. The van der Waals surface area contributed by atoms with Crippen molar-refractivity contribution in [2.24, 2.45) is 5.41 Å². The molecule has 1 N–H and O–H groups in total. The molecule has 0 radical (unpaired) electrons. The molecule has 0 unspecified atom stereocenters. The van der Waals surface area contributed by atoms with E-state index in [1.54, 1.807) is 34.9 Å². The Labute approximate surface area is 178 Å². The molecule has 30 heavy (non-hydrogen) atoms. The second-order valence-electron chi connectivity index (χ2n) is 8.37. The Bertz CT molecular complexity index is 1180. The third-order valence-corrected chi connectivity index (χ3v) is 5.54. The first-order chi connectivity index (χ1) is 14.0. The molecule has 0 aliphatic heterocycles. The third-order valence-electron chi connectivity index (χ3n) is 5.25. The number of halogens is 2. The lowest BCUT2D eigenvalue weighted by Crippen LogP contribution is -2.34. The van der Waals surface area contributed by atoms with Gasteiger partial charge in [-0.3, -0.25) is 4.79 Å². The minimum absolute atomic E-state index is 0.00541. The van der Waals surface area contributed by atoms with Gasteiger partial charge in [0.1, 0.15) is 5.82 Å². The maximum Gasteiger partial charge on any atom is 0.198 e. The predicted molar refractivity (Wildman–Crippen MR) is 112 cm³/mol. The molecule has 1 atom stereocenters. The highest BCUT2D eigenvalue weighted by Crippen LogP contribution is 2.33. The number of hydrogen-bond donors (Lipinski definition) is 1. The monoisotopic (exact) mass is 430 g/mol. The lowest BCUT2D eigenvalue weighted by atomic mass is 9.86. The summed E-state index contributed by atoms with van der Waals surface area (Å²) >= 11 is 5.85. The van der Waals surface area contributed by atoms with E-state index in [0.717, 1.165) is 0 Å². The van der Waals surface area contributed by atoms with Crippen LogP contribution < -0.4 is 10.5 Å². The molecule has 0 aliphatic carbocycles. The van der Waals surface area contributed by atoms with Gasteiger partial charge >= 0.3 is 0 Å². The van der Waals surface area contributed by atoms with Crippen molar-refractivity contribution in [2.75, 3.05) is 6.61 Å². The molecule has 0 amide bonds. The van der Waals surface area contributed by atoms with Crippen LogP contribution in [0.4, 0.5) is 4.39 Å². The van der Waals surface area contributed by atoms with Crippen LogP contribution in [0.2, 0.25) is 5.02 Å². The lowest BCUT2D eigenvalue weighted by molar-refractivity contribution is -0.255. The zero-order valence-electron chi connectivity index (χ0n) is 16.9. The van der Waals surface area contributed by atoms with E-state index in [1.807, 2.05) is 20.8 Å². The fourth-order valence-electron chi connectivity index (χ4n) is 3.60. The molecule has 5 nitrogen and oxygen atoms in total. The van der Waals surface area contributed by atoms with Crippen molar-refractivity contribution >= 4 is 28.5 Å². The van der Waals surface area contributed by atoms with Gasteiger partial charge < -0.3 is 19.6 Å². The van der Waals surface area contributed by atoms with Gasteiger partial charge in [0.25, 0.3) is 0 Å². The largest absolute Gasteiger partial charge is 0.545 e. The zero-order valence-corrected chi connectivity index (χ0v) is 17.7.